The SMILES string of the molecule is COc1cc(OC)cc(Oc2cc([N+](=O)[O-])cc(Cl)n2)c1. The van der Waals surface area contributed by atoms with Gasteiger partial charge in [0.1, 0.15) is 22.4 Å². The Labute approximate surface area is 125 Å². The van der Waals surface area contributed by atoms with Gasteiger partial charge in [-0.2, -0.15) is 0 Å². The van der Waals surface area contributed by atoms with Crippen LogP contribution in [0.25, 0.3) is 0 Å². The quantitative estimate of drug-likeness (QED) is 0.478. The molecule has 2 aromatic rings. The number of methoxy groups -OCH3 is 2. The summed E-state index contributed by atoms with van der Waals surface area (Å²) in [6, 6.07) is 7.17. The van der Waals surface area contributed by atoms with Crippen LogP contribution in [0.1, 0.15) is 0 Å². The summed E-state index contributed by atoms with van der Waals surface area (Å²) in [5, 5.41) is 10.7. The molecule has 0 saturated carbocycles. The van der Waals surface area contributed by atoms with E-state index in [0.29, 0.717) is 17.2 Å². The van der Waals surface area contributed by atoms with Crippen molar-refractivity contribution in [2.45, 2.75) is 0 Å². The minimum absolute atomic E-state index is 0.00417. The molecule has 0 bridgehead atoms. The van der Waals surface area contributed by atoms with Gasteiger partial charge in [0, 0.05) is 18.2 Å². The second-order valence-electron chi connectivity index (χ2n) is 3.89. The van der Waals surface area contributed by atoms with E-state index < -0.39 is 4.92 Å². The number of rotatable bonds is 5. The molecule has 0 radical (unpaired) electrons. The summed E-state index contributed by atoms with van der Waals surface area (Å²) >= 11 is 5.73. The molecule has 1 heterocycles. The van der Waals surface area contributed by atoms with Crippen LogP contribution in [0.2, 0.25) is 5.15 Å². The van der Waals surface area contributed by atoms with Crippen molar-refractivity contribution in [2.75, 3.05) is 14.2 Å². The van der Waals surface area contributed by atoms with Crippen molar-refractivity contribution in [3.8, 4) is 23.1 Å². The molecule has 8 heteroatoms. The second kappa shape index (κ2) is 6.27. The predicted octanol–water partition coefficient (Wildman–Crippen LogP) is 3.45. The van der Waals surface area contributed by atoms with Gasteiger partial charge < -0.3 is 14.2 Å². The van der Waals surface area contributed by atoms with Crippen LogP contribution in [0.3, 0.4) is 0 Å². The Hall–Kier alpha value is -2.54. The molecule has 1 aromatic carbocycles. The molecule has 0 aliphatic carbocycles. The van der Waals surface area contributed by atoms with Crippen LogP contribution in [0.4, 0.5) is 5.69 Å². The first-order valence-corrected chi connectivity index (χ1v) is 6.12. The zero-order chi connectivity index (χ0) is 15.4. The van der Waals surface area contributed by atoms with Crippen LogP contribution < -0.4 is 14.2 Å². The molecule has 1 aromatic heterocycles. The third kappa shape index (κ3) is 3.73. The van der Waals surface area contributed by atoms with E-state index in [2.05, 4.69) is 4.98 Å². The highest BCUT2D eigenvalue weighted by atomic mass is 35.5. The fourth-order valence-corrected chi connectivity index (χ4v) is 1.77. The highest BCUT2D eigenvalue weighted by molar-refractivity contribution is 6.29. The summed E-state index contributed by atoms with van der Waals surface area (Å²) < 4.78 is 15.7. The Morgan fingerprint density at radius 3 is 2.14 bits per heavy atom. The third-order valence-electron chi connectivity index (χ3n) is 2.51. The molecule has 110 valence electrons. The number of nitrogens with zero attached hydrogens (tertiary/aromatic N) is 2. The van der Waals surface area contributed by atoms with Gasteiger partial charge in [-0.1, -0.05) is 11.6 Å². The Bertz CT molecular complexity index is 655. The molecule has 2 rings (SSSR count). The van der Waals surface area contributed by atoms with Crippen molar-refractivity contribution in [3.63, 3.8) is 0 Å². The summed E-state index contributed by atoms with van der Waals surface area (Å²) in [5.41, 5.74) is -0.208. The molecule has 0 unspecified atom stereocenters. The molecule has 0 fully saturated rings. The smallest absolute Gasteiger partial charge is 0.277 e. The molecule has 0 spiro atoms. The summed E-state index contributed by atoms with van der Waals surface area (Å²) in [6.45, 7) is 0. The third-order valence-corrected chi connectivity index (χ3v) is 2.71. The fraction of sp³-hybridized carbons (Fsp3) is 0.154. The summed E-state index contributed by atoms with van der Waals surface area (Å²) in [5.74, 6) is 1.39. The molecule has 0 N–H and O–H groups in total. The first kappa shape index (κ1) is 14.9. The second-order valence-corrected chi connectivity index (χ2v) is 4.28. The van der Waals surface area contributed by atoms with Crippen LogP contribution in [-0.4, -0.2) is 24.1 Å². The maximum atomic E-state index is 10.8. The van der Waals surface area contributed by atoms with Crippen LogP contribution in [-0.2, 0) is 0 Å². The van der Waals surface area contributed by atoms with E-state index in [4.69, 9.17) is 25.8 Å². The maximum absolute atomic E-state index is 10.8. The minimum atomic E-state index is -0.577. The van der Waals surface area contributed by atoms with E-state index in [9.17, 15) is 10.1 Å². The topological polar surface area (TPSA) is 83.7 Å². The van der Waals surface area contributed by atoms with Gasteiger partial charge in [0.15, 0.2) is 0 Å². The average Bonchev–Trinajstić information content (AvgIpc) is 2.46. The molecule has 0 saturated heterocycles. The monoisotopic (exact) mass is 310 g/mol. The number of hydrogen-bond acceptors (Lipinski definition) is 6. The van der Waals surface area contributed by atoms with Crippen molar-refractivity contribution < 1.29 is 19.1 Å². The number of benzene rings is 1. The average molecular weight is 311 g/mol. The molecule has 0 aliphatic heterocycles. The number of hydrogen-bond donors (Lipinski definition) is 0. The van der Waals surface area contributed by atoms with Gasteiger partial charge >= 0.3 is 0 Å². The van der Waals surface area contributed by atoms with Crippen LogP contribution >= 0.6 is 11.6 Å². The zero-order valence-electron chi connectivity index (χ0n) is 11.2. The van der Waals surface area contributed by atoms with Crippen molar-refractivity contribution in [1.82, 2.24) is 4.98 Å². The highest BCUT2D eigenvalue weighted by Gasteiger charge is 2.12. The van der Waals surface area contributed by atoms with Gasteiger partial charge in [0.05, 0.1) is 31.3 Å². The Morgan fingerprint density at radius 2 is 1.62 bits per heavy atom. The van der Waals surface area contributed by atoms with Crippen molar-refractivity contribution in [1.29, 1.82) is 0 Å². The number of ether oxygens (including phenoxy) is 3. The van der Waals surface area contributed by atoms with Gasteiger partial charge in [0.25, 0.3) is 5.69 Å². The Kier molecular flexibility index (Phi) is 4.44. The van der Waals surface area contributed by atoms with E-state index in [0.717, 1.165) is 6.07 Å². The Balaban J connectivity index is 2.35. The van der Waals surface area contributed by atoms with Gasteiger partial charge in [-0.15, -0.1) is 0 Å². The van der Waals surface area contributed by atoms with Crippen LogP contribution in [0.5, 0.6) is 23.1 Å². The van der Waals surface area contributed by atoms with Crippen molar-refractivity contribution in [2.24, 2.45) is 0 Å². The molecular formula is C13H11ClN2O5. The van der Waals surface area contributed by atoms with E-state index in [1.54, 1.807) is 18.2 Å². The molecule has 0 aliphatic rings. The van der Waals surface area contributed by atoms with Crippen LogP contribution in [0, 0.1) is 10.1 Å². The lowest BCUT2D eigenvalue weighted by atomic mass is 10.3. The lowest BCUT2D eigenvalue weighted by Crippen LogP contribution is -1.94. The molecule has 7 nitrogen and oxygen atoms in total. The van der Waals surface area contributed by atoms with E-state index in [1.807, 2.05) is 0 Å². The van der Waals surface area contributed by atoms with Crippen LogP contribution in [0.15, 0.2) is 30.3 Å². The van der Waals surface area contributed by atoms with Gasteiger partial charge in [0.2, 0.25) is 5.88 Å². The van der Waals surface area contributed by atoms with Gasteiger partial charge in [-0.3, -0.25) is 10.1 Å². The highest BCUT2D eigenvalue weighted by Crippen LogP contribution is 2.31. The number of halogens is 1. The van der Waals surface area contributed by atoms with Gasteiger partial charge in [-0.05, 0) is 0 Å². The van der Waals surface area contributed by atoms with Crippen molar-refractivity contribution in [3.05, 3.63) is 45.6 Å². The Morgan fingerprint density at radius 1 is 1.05 bits per heavy atom. The van der Waals surface area contributed by atoms with E-state index in [-0.39, 0.29) is 16.7 Å². The zero-order valence-corrected chi connectivity index (χ0v) is 12.0. The van der Waals surface area contributed by atoms with Crippen molar-refractivity contribution >= 4 is 17.3 Å². The standard InChI is InChI=1S/C13H11ClN2O5/c1-19-9-5-10(20-2)7-11(6-9)21-13-4-8(16(17)18)3-12(14)15-13/h3-7H,1-2H3. The first-order valence-electron chi connectivity index (χ1n) is 5.74. The largest absolute Gasteiger partial charge is 0.496 e. The maximum Gasteiger partial charge on any atom is 0.277 e. The molecule has 0 atom stereocenters. The minimum Gasteiger partial charge on any atom is -0.496 e. The van der Waals surface area contributed by atoms with E-state index in [1.165, 1.54) is 20.3 Å². The fourth-order valence-electron chi connectivity index (χ4n) is 1.58. The lowest BCUT2D eigenvalue weighted by Gasteiger charge is -2.09. The molecule has 0 amide bonds. The number of aromatic nitrogens is 1. The molecule has 21 heavy (non-hydrogen) atoms. The summed E-state index contributed by atoms with van der Waals surface area (Å²) in [4.78, 5) is 14.1. The number of nitro groups is 1. The van der Waals surface area contributed by atoms with Gasteiger partial charge in [-0.25, -0.2) is 4.98 Å². The molecular weight excluding hydrogens is 300 g/mol. The van der Waals surface area contributed by atoms with E-state index >= 15 is 0 Å². The lowest BCUT2D eigenvalue weighted by molar-refractivity contribution is -0.385. The first-order chi connectivity index (χ1) is 10.0. The normalized spacial score (nSPS) is 10.0. The summed E-state index contributed by atoms with van der Waals surface area (Å²) in [7, 11) is 3.00. The summed E-state index contributed by atoms with van der Waals surface area (Å²) in [6.07, 6.45) is 0. The number of pyridine rings is 1. The predicted molar refractivity (Wildman–Crippen MR) is 75.5 cm³/mol.